The van der Waals surface area contributed by atoms with E-state index in [0.29, 0.717) is 144 Å². The molecule has 0 spiro atoms. The van der Waals surface area contributed by atoms with Gasteiger partial charge in [0, 0.05) is 167 Å². The quantitative estimate of drug-likeness (QED) is 0.0834. The Bertz CT molecular complexity index is 8190. The molecular weight excluding hydrogens is 1860 g/mol. The molecule has 146 heavy (non-hydrogen) atoms. The molecule has 6 aliphatic rings. The van der Waals surface area contributed by atoms with Crippen molar-refractivity contribution in [3.63, 3.8) is 0 Å². The number of rotatable bonds is 18. The van der Waals surface area contributed by atoms with Crippen LogP contribution in [0.5, 0.6) is 28.7 Å². The molecule has 4 atom stereocenters. The molecule has 0 radical (unpaired) electrons. The van der Waals surface area contributed by atoms with E-state index in [0.717, 1.165) is 143 Å². The number of nitrogens with one attached hydrogen (secondary N) is 1. The summed E-state index contributed by atoms with van der Waals surface area (Å²) in [5.74, 6) is 2.89. The highest BCUT2D eigenvalue weighted by Gasteiger charge is 2.39. The molecule has 2 bridgehead atoms. The number of halogens is 3. The molecule has 5 aromatic carbocycles. The number of methoxy groups -OCH3 is 5. The largest absolute Gasteiger partial charge is 0.494 e. The predicted octanol–water partition coefficient (Wildman–Crippen LogP) is 17.7. The number of likely N-dealkylation sites (tertiary alicyclic amines) is 1. The normalized spacial score (nSPS) is 17.3. The number of nitrogens with zero attached hydrogens (tertiary/aromatic N) is 17. The van der Waals surface area contributed by atoms with Crippen molar-refractivity contribution >= 4 is 67.3 Å². The van der Waals surface area contributed by atoms with Gasteiger partial charge in [0.05, 0.1) is 69.7 Å². The third-order valence-electron chi connectivity index (χ3n) is 28.7. The zero-order chi connectivity index (χ0) is 102. The van der Waals surface area contributed by atoms with Crippen LogP contribution in [0.15, 0.2) is 246 Å². The number of hydrogen-bond acceptors (Lipinski definition) is 25. The second-order valence-corrected chi connectivity index (χ2v) is 37.9. The summed E-state index contributed by atoms with van der Waals surface area (Å²) < 4.78 is 88.0. The van der Waals surface area contributed by atoms with E-state index in [4.69, 9.17) is 42.5 Å². The average molecular weight is 1980 g/mol. The summed E-state index contributed by atoms with van der Waals surface area (Å²) >= 11 is 0. The summed E-state index contributed by atoms with van der Waals surface area (Å²) in [5, 5.41) is 3.38. The molecule has 30 nitrogen and oxygen atoms in total. The molecule has 18 heterocycles. The number of aryl methyl sites for hydroxylation is 2. The third kappa shape index (κ3) is 21.3. The van der Waals surface area contributed by atoms with Crippen molar-refractivity contribution in [2.45, 2.75) is 122 Å². The van der Waals surface area contributed by atoms with Crippen molar-refractivity contribution in [1.82, 2.24) is 81.8 Å². The molecule has 0 saturated carbocycles. The van der Waals surface area contributed by atoms with Gasteiger partial charge in [-0.15, -0.1) is 0 Å². The van der Waals surface area contributed by atoms with Gasteiger partial charge in [-0.05, 0) is 277 Å². The van der Waals surface area contributed by atoms with Gasteiger partial charge in [0.2, 0.25) is 0 Å². The Morgan fingerprint density at radius 2 is 0.836 bits per heavy atom. The van der Waals surface area contributed by atoms with Gasteiger partial charge in [0.15, 0.2) is 69.1 Å². The molecule has 1 unspecified atom stereocenters. The van der Waals surface area contributed by atoms with E-state index in [9.17, 15) is 37.1 Å². The second kappa shape index (κ2) is 43.3. The number of ether oxygens (including phenoxy) is 5. The van der Waals surface area contributed by atoms with Crippen LogP contribution in [0.1, 0.15) is 125 Å². The van der Waals surface area contributed by atoms with Gasteiger partial charge in [-0.1, -0.05) is 38.1 Å². The molecule has 0 aliphatic carbocycles. The summed E-state index contributed by atoms with van der Waals surface area (Å²) in [6, 6.07) is 50.6. The first-order chi connectivity index (χ1) is 70.7. The van der Waals surface area contributed by atoms with Crippen molar-refractivity contribution in [3.05, 3.63) is 316 Å². The second-order valence-electron chi connectivity index (χ2n) is 37.9. The van der Waals surface area contributed by atoms with E-state index in [1.54, 1.807) is 109 Å². The molecule has 4 saturated heterocycles. The van der Waals surface area contributed by atoms with Crippen LogP contribution < -0.4 is 61.7 Å². The van der Waals surface area contributed by atoms with Gasteiger partial charge in [0.1, 0.15) is 39.3 Å². The first kappa shape index (κ1) is 99.4. The van der Waals surface area contributed by atoms with Crippen molar-refractivity contribution in [1.29, 1.82) is 0 Å². The first-order valence-electron chi connectivity index (χ1n) is 49.6. The van der Waals surface area contributed by atoms with Gasteiger partial charge < -0.3 is 52.5 Å². The highest BCUT2D eigenvalue weighted by molar-refractivity contribution is 5.82. The van der Waals surface area contributed by atoms with Gasteiger partial charge >= 0.3 is 0 Å². The predicted molar refractivity (Wildman–Crippen MR) is 561 cm³/mol. The minimum atomic E-state index is -0.498. The lowest BCUT2D eigenvalue weighted by atomic mass is 9.86. The van der Waals surface area contributed by atoms with E-state index < -0.39 is 17.5 Å². The van der Waals surface area contributed by atoms with E-state index in [-0.39, 0.29) is 44.6 Å². The highest BCUT2D eigenvalue weighted by atomic mass is 19.1. The minimum absolute atomic E-state index is 0.0671. The minimum Gasteiger partial charge on any atom is -0.494 e. The summed E-state index contributed by atoms with van der Waals surface area (Å²) in [4.78, 5) is 107. The number of benzene rings is 5. The van der Waals surface area contributed by atoms with Gasteiger partial charge in [0.25, 0.3) is 27.8 Å². The maximum absolute atomic E-state index is 14.5. The van der Waals surface area contributed by atoms with E-state index in [1.165, 1.54) is 84.2 Å². The van der Waals surface area contributed by atoms with E-state index in [2.05, 4.69) is 108 Å². The fraction of sp³-hybridized carbons (Fsp3) is 0.327. The lowest BCUT2D eigenvalue weighted by Gasteiger charge is -2.36. The standard InChI is InChI=1S/C24H23FN4O2.C24H27N3O3.C23H21FN4O2.C21H22FN3O2.C21H24N4O3/c1-3-8-28-9-6-16(7-10-28)17-4-5-22-27-20(13-23(30)29(22)14-17)18-11-19(25)24-21(12-18)31-15(2)26-24;1-26-18-6-7-19(26)11-17(10-18)16-5-9-23-25-20(13-24(28)27(23)14-16)15-4-8-21(29-2)22(12-15)30-3;1-3-27-8-6-15(7-9-27)16-4-5-21-26-19(12-22(29)28(21)13-16)17-10-18(24)23-20(11-17)30-14(2)25-23;1-24-9-7-14(8-10-24)18-12-21(26)25-13-16(4-6-20(25)23-18)15-3-5-19(27-2)17(22)11-15;1-14-12-22-8-9-24(14)16-5-7-20-23-17(11-21(26)25(20)13-16)15-4-6-18(27-2)19(10-15)28-3/h4-6,11-14H,3,7-10H2,1-2H3;4-5,8-9,12-14,17-19H,6-7,10-11H2,1-3H3;4-6,10-13H,3,7-9H2,1-2H3;3-6,11-14H,7-10H2,1-2H3;4-7,10-11,13-14,22H,8-9,12H2,1-3H3/t;17?,18-,19+;;;14-/m....1/s1. The van der Waals surface area contributed by atoms with Crippen LogP contribution in [-0.4, -0.2) is 216 Å². The van der Waals surface area contributed by atoms with Gasteiger partial charge in [-0.2, -0.15) is 0 Å². The van der Waals surface area contributed by atoms with E-state index in [1.807, 2.05) is 116 Å². The van der Waals surface area contributed by atoms with Crippen LogP contribution in [-0.2, 0) is 0 Å². The summed E-state index contributed by atoms with van der Waals surface area (Å²) in [5.41, 5.74) is 17.0. The number of fused-ring (bicyclic) bond motifs is 9. The van der Waals surface area contributed by atoms with E-state index >= 15 is 0 Å². The number of piperidine rings is 2. The fourth-order valence-electron chi connectivity index (χ4n) is 20.6. The van der Waals surface area contributed by atoms with Crippen molar-refractivity contribution in [2.75, 3.05) is 127 Å². The lowest BCUT2D eigenvalue weighted by molar-refractivity contribution is 0.161. The Morgan fingerprint density at radius 3 is 1.32 bits per heavy atom. The number of aromatic nitrogens is 12. The molecule has 752 valence electrons. The monoisotopic (exact) mass is 1970 g/mol. The Labute approximate surface area is 840 Å². The zero-order valence-corrected chi connectivity index (χ0v) is 83.9. The van der Waals surface area contributed by atoms with Crippen LogP contribution in [0.2, 0.25) is 0 Å². The van der Waals surface area contributed by atoms with Gasteiger partial charge in [-0.25, -0.2) is 48.1 Å². The molecule has 6 aliphatic heterocycles. The summed E-state index contributed by atoms with van der Waals surface area (Å²) in [6.45, 7) is 20.7. The zero-order valence-electron chi connectivity index (χ0n) is 83.9. The van der Waals surface area contributed by atoms with Crippen molar-refractivity contribution in [2.24, 2.45) is 0 Å². The fourth-order valence-corrected chi connectivity index (χ4v) is 20.6. The molecule has 0 amide bonds. The smallest absolute Gasteiger partial charge is 0.258 e. The molecule has 23 rings (SSSR count). The maximum Gasteiger partial charge on any atom is 0.258 e. The summed E-state index contributed by atoms with van der Waals surface area (Å²) in [7, 11) is 12.2. The topological polar surface area (TPSA) is 298 Å². The number of pyridine rings is 5. The first-order valence-corrected chi connectivity index (χ1v) is 49.6. The molecule has 1 N–H and O–H groups in total. The SMILES string of the molecule is CCCN1CC=C(c2ccc3nc(-c4cc(F)c5nc(C)oc5c4)cc(=O)n3c2)CC1.CCN1CC=C(c2ccc3nc(-c4cc(F)c5nc(C)oc5c4)cc(=O)n3c2)CC1.COc1ccc(-c2cc(=O)n3cc(C4C[C@H]5CC[C@@H](C4)N5C)ccc3n2)cc1OC.COc1ccc(-c2cc(=O)n3cc(N4CCNC[C@H]4C)ccc3n2)cc1OC.COc1ccc(-c2ccc3nc(C4CCN(C)CC4)cc(=O)n3c2)cc1F. The van der Waals surface area contributed by atoms with Crippen LogP contribution in [0.25, 0.3) is 118 Å². The Morgan fingerprint density at radius 1 is 0.404 bits per heavy atom. The van der Waals surface area contributed by atoms with Gasteiger partial charge in [-0.3, -0.25) is 55.8 Å². The third-order valence-corrected chi connectivity index (χ3v) is 28.7. The molecule has 4 fully saturated rings. The molecular formula is C113H117F3N18O12. The summed E-state index contributed by atoms with van der Waals surface area (Å²) in [6.07, 6.45) is 23.8. The molecule has 12 aromatic heterocycles. The Hall–Kier alpha value is -15.3. The molecule has 33 heteroatoms. The van der Waals surface area contributed by atoms with Crippen LogP contribution in [0.4, 0.5) is 18.9 Å². The van der Waals surface area contributed by atoms with Crippen LogP contribution >= 0.6 is 0 Å². The average Bonchev–Trinajstić information content (AvgIpc) is 1.53. The highest BCUT2D eigenvalue weighted by Crippen LogP contribution is 2.43. The van der Waals surface area contributed by atoms with Crippen molar-refractivity contribution < 1.29 is 45.7 Å². The number of oxazole rings is 2. The molecule has 17 aromatic rings. The maximum atomic E-state index is 14.5. The van der Waals surface area contributed by atoms with Crippen LogP contribution in [0.3, 0.4) is 0 Å². The number of hydrogen-bond donors (Lipinski definition) is 1. The Balaban J connectivity index is 0.000000115. The number of piperazine rings is 1. The lowest BCUT2D eigenvalue weighted by Crippen LogP contribution is -2.50. The Kier molecular flexibility index (Phi) is 29.5. The van der Waals surface area contributed by atoms with Crippen LogP contribution in [0, 0.1) is 31.3 Å². The number of likely N-dealkylation sites (N-methyl/N-ethyl adjacent to an activating group) is 1. The number of anilines is 1. The van der Waals surface area contributed by atoms with Crippen molar-refractivity contribution in [3.8, 4) is 84.9 Å².